The number of hydrogen-bond donors (Lipinski definition) is 2. The SMILES string of the molecule is CCS(=O)C1CCCC(NC(=NC)NCc2nc(C)no2)C1.I. The van der Waals surface area contributed by atoms with Gasteiger partial charge in [-0.2, -0.15) is 4.98 Å². The molecule has 23 heavy (non-hydrogen) atoms. The van der Waals surface area contributed by atoms with Gasteiger partial charge in [0.05, 0.1) is 6.54 Å². The zero-order valence-corrected chi connectivity index (χ0v) is 17.0. The summed E-state index contributed by atoms with van der Waals surface area (Å²) in [5, 5.41) is 10.6. The predicted molar refractivity (Wildman–Crippen MR) is 103 cm³/mol. The highest BCUT2D eigenvalue weighted by molar-refractivity contribution is 14.0. The third kappa shape index (κ3) is 6.36. The number of aromatic nitrogens is 2. The van der Waals surface area contributed by atoms with Gasteiger partial charge in [0.15, 0.2) is 11.8 Å². The Labute approximate surface area is 157 Å². The molecule has 1 saturated carbocycles. The summed E-state index contributed by atoms with van der Waals surface area (Å²) in [5.41, 5.74) is 0. The highest BCUT2D eigenvalue weighted by Gasteiger charge is 2.26. The van der Waals surface area contributed by atoms with Crippen LogP contribution in [-0.2, 0) is 17.3 Å². The molecule has 2 N–H and O–H groups in total. The third-order valence-corrected chi connectivity index (χ3v) is 5.56. The van der Waals surface area contributed by atoms with Crippen molar-refractivity contribution in [1.29, 1.82) is 0 Å². The Morgan fingerprint density at radius 1 is 1.48 bits per heavy atom. The molecule has 0 spiro atoms. The lowest BCUT2D eigenvalue weighted by Crippen LogP contribution is -2.46. The first-order valence-corrected chi connectivity index (χ1v) is 9.14. The fourth-order valence-corrected chi connectivity index (χ4v) is 4.06. The molecule has 9 heteroatoms. The van der Waals surface area contributed by atoms with E-state index in [4.69, 9.17) is 4.52 Å². The normalized spacial score (nSPS) is 23.0. The maximum atomic E-state index is 12.0. The maximum absolute atomic E-state index is 12.0. The number of aryl methyl sites for hydroxylation is 1. The van der Waals surface area contributed by atoms with E-state index in [-0.39, 0.29) is 24.0 Å². The van der Waals surface area contributed by atoms with Crippen molar-refractivity contribution in [2.75, 3.05) is 12.8 Å². The van der Waals surface area contributed by atoms with Crippen LogP contribution < -0.4 is 10.6 Å². The first-order chi connectivity index (χ1) is 10.6. The lowest BCUT2D eigenvalue weighted by Gasteiger charge is -2.30. The average Bonchev–Trinajstić information content (AvgIpc) is 2.96. The second-order valence-corrected chi connectivity index (χ2v) is 7.47. The van der Waals surface area contributed by atoms with Crippen LogP contribution in [0.3, 0.4) is 0 Å². The number of guanidine groups is 1. The van der Waals surface area contributed by atoms with E-state index in [1.165, 1.54) is 0 Å². The summed E-state index contributed by atoms with van der Waals surface area (Å²) < 4.78 is 17.1. The van der Waals surface area contributed by atoms with E-state index in [1.807, 2.05) is 6.92 Å². The van der Waals surface area contributed by atoms with Gasteiger partial charge in [0.2, 0.25) is 5.89 Å². The second kappa shape index (κ2) is 10.2. The van der Waals surface area contributed by atoms with E-state index in [0.29, 0.717) is 35.5 Å². The summed E-state index contributed by atoms with van der Waals surface area (Å²) >= 11 is 0. The number of nitrogens with one attached hydrogen (secondary N) is 2. The third-order valence-electron chi connectivity index (χ3n) is 3.82. The minimum atomic E-state index is -0.715. The second-order valence-electron chi connectivity index (χ2n) is 5.46. The van der Waals surface area contributed by atoms with E-state index in [2.05, 4.69) is 25.8 Å². The van der Waals surface area contributed by atoms with Gasteiger partial charge in [-0.05, 0) is 26.2 Å². The molecule has 3 unspecified atom stereocenters. The molecule has 1 fully saturated rings. The van der Waals surface area contributed by atoms with Gasteiger partial charge in [0, 0.05) is 34.9 Å². The largest absolute Gasteiger partial charge is 0.354 e. The van der Waals surface area contributed by atoms with Gasteiger partial charge in [-0.3, -0.25) is 9.20 Å². The molecule has 7 nitrogen and oxygen atoms in total. The first-order valence-electron chi connectivity index (χ1n) is 7.76. The molecule has 0 saturated heterocycles. The van der Waals surface area contributed by atoms with Gasteiger partial charge < -0.3 is 15.2 Å². The number of halogens is 1. The summed E-state index contributed by atoms with van der Waals surface area (Å²) in [4.78, 5) is 8.37. The van der Waals surface area contributed by atoms with Crippen molar-refractivity contribution in [2.45, 2.75) is 57.4 Å². The van der Waals surface area contributed by atoms with Crippen molar-refractivity contribution in [3.63, 3.8) is 0 Å². The van der Waals surface area contributed by atoms with E-state index in [9.17, 15) is 4.21 Å². The molecule has 0 amide bonds. The summed E-state index contributed by atoms with van der Waals surface area (Å²) in [5.74, 6) is 2.61. The van der Waals surface area contributed by atoms with Crippen LogP contribution in [0.25, 0.3) is 0 Å². The van der Waals surface area contributed by atoms with Crippen LogP contribution in [0.15, 0.2) is 9.52 Å². The lowest BCUT2D eigenvalue weighted by molar-refractivity contribution is 0.369. The van der Waals surface area contributed by atoms with E-state index < -0.39 is 10.8 Å². The van der Waals surface area contributed by atoms with Gasteiger partial charge in [-0.15, -0.1) is 24.0 Å². The topological polar surface area (TPSA) is 92.4 Å². The molecule has 1 aromatic heterocycles. The van der Waals surface area contributed by atoms with E-state index in [1.54, 1.807) is 14.0 Å². The first kappa shape index (κ1) is 20.3. The molecular weight excluding hydrogens is 429 g/mol. The minimum absolute atomic E-state index is 0. The van der Waals surface area contributed by atoms with Crippen molar-refractivity contribution < 1.29 is 8.73 Å². The Balaban J connectivity index is 0.00000264. The highest BCUT2D eigenvalue weighted by Crippen LogP contribution is 2.22. The molecule has 0 radical (unpaired) electrons. The number of hydrogen-bond acceptors (Lipinski definition) is 5. The molecule has 0 aromatic carbocycles. The van der Waals surface area contributed by atoms with Crippen molar-refractivity contribution in [3.05, 3.63) is 11.7 Å². The fourth-order valence-electron chi connectivity index (χ4n) is 2.71. The molecule has 3 atom stereocenters. The van der Waals surface area contributed by atoms with Crippen LogP contribution in [0.4, 0.5) is 0 Å². The Morgan fingerprint density at radius 2 is 2.26 bits per heavy atom. The van der Waals surface area contributed by atoms with Gasteiger partial charge in [-0.1, -0.05) is 18.5 Å². The van der Waals surface area contributed by atoms with Crippen LogP contribution in [0.2, 0.25) is 0 Å². The van der Waals surface area contributed by atoms with Gasteiger partial charge in [-0.25, -0.2) is 0 Å². The van der Waals surface area contributed by atoms with Crippen LogP contribution in [0.5, 0.6) is 0 Å². The zero-order chi connectivity index (χ0) is 15.9. The molecular formula is C14H26IN5O2S. The zero-order valence-electron chi connectivity index (χ0n) is 13.9. The molecule has 0 aliphatic heterocycles. The Morgan fingerprint density at radius 3 is 2.87 bits per heavy atom. The molecule has 132 valence electrons. The molecule has 1 aliphatic rings. The van der Waals surface area contributed by atoms with Crippen LogP contribution in [-0.4, -0.2) is 44.4 Å². The molecule has 1 aromatic rings. The van der Waals surface area contributed by atoms with Crippen molar-refractivity contribution in [2.24, 2.45) is 4.99 Å². The highest BCUT2D eigenvalue weighted by atomic mass is 127. The van der Waals surface area contributed by atoms with Crippen molar-refractivity contribution >= 4 is 40.7 Å². The molecule has 1 heterocycles. The summed E-state index contributed by atoms with van der Waals surface area (Å²) in [6.07, 6.45) is 4.18. The molecule has 0 bridgehead atoms. The molecule has 1 aliphatic carbocycles. The number of aliphatic imine (C=N–C) groups is 1. The van der Waals surface area contributed by atoms with Crippen molar-refractivity contribution in [3.8, 4) is 0 Å². The summed E-state index contributed by atoms with van der Waals surface area (Å²) in [6.45, 7) is 4.22. The quantitative estimate of drug-likeness (QED) is 0.399. The maximum Gasteiger partial charge on any atom is 0.246 e. The minimum Gasteiger partial charge on any atom is -0.354 e. The average molecular weight is 455 g/mol. The fraction of sp³-hybridized carbons (Fsp3) is 0.786. The standard InChI is InChI=1S/C14H25N5O2S.HI/c1-4-22(20)12-7-5-6-11(8-12)18-14(15-3)16-9-13-17-10(2)19-21-13;/h11-12H,4-9H2,1-3H3,(H2,15,16,18);1H. The van der Waals surface area contributed by atoms with Crippen LogP contribution in [0, 0.1) is 6.92 Å². The summed E-state index contributed by atoms with van der Waals surface area (Å²) in [7, 11) is 1.02. The Hall–Kier alpha value is -0.710. The van der Waals surface area contributed by atoms with Crippen LogP contribution in [0.1, 0.15) is 44.3 Å². The van der Waals surface area contributed by atoms with E-state index in [0.717, 1.165) is 31.4 Å². The Bertz CT molecular complexity index is 537. The molecule has 2 rings (SSSR count). The monoisotopic (exact) mass is 455 g/mol. The van der Waals surface area contributed by atoms with Gasteiger partial charge in [0.25, 0.3) is 0 Å². The van der Waals surface area contributed by atoms with Gasteiger partial charge in [0.1, 0.15) is 0 Å². The Kier molecular flexibility index (Phi) is 9.03. The predicted octanol–water partition coefficient (Wildman–Crippen LogP) is 1.74. The smallest absolute Gasteiger partial charge is 0.246 e. The van der Waals surface area contributed by atoms with E-state index >= 15 is 0 Å². The van der Waals surface area contributed by atoms with Gasteiger partial charge >= 0.3 is 0 Å². The number of nitrogens with zero attached hydrogens (tertiary/aromatic N) is 3. The summed E-state index contributed by atoms with van der Waals surface area (Å²) in [6, 6.07) is 0.310. The van der Waals surface area contributed by atoms with Crippen molar-refractivity contribution in [1.82, 2.24) is 20.8 Å². The number of rotatable bonds is 5. The lowest BCUT2D eigenvalue weighted by atomic mass is 9.95. The van der Waals surface area contributed by atoms with Crippen LogP contribution >= 0.6 is 24.0 Å².